The van der Waals surface area contributed by atoms with Crippen molar-refractivity contribution >= 4 is 5.91 Å². The number of amides is 1. The molecule has 0 spiro atoms. The van der Waals surface area contributed by atoms with Gasteiger partial charge in [-0.1, -0.05) is 254 Å². The summed E-state index contributed by atoms with van der Waals surface area (Å²) < 4.78 is 22.7. The molecule has 0 radical (unpaired) electrons. The molecule has 0 saturated carbocycles. The highest BCUT2D eigenvalue weighted by Crippen LogP contribution is 2.30. The van der Waals surface area contributed by atoms with E-state index >= 15 is 0 Å². The monoisotopic (exact) mass is 1130 g/mol. The molecule has 14 heteroatoms. The molecule has 0 aromatic rings. The normalized spacial score (nSPS) is 24.6. The van der Waals surface area contributed by atoms with Crippen LogP contribution in [0.1, 0.15) is 258 Å². The van der Waals surface area contributed by atoms with Crippen molar-refractivity contribution in [1.29, 1.82) is 0 Å². The molecule has 9 N–H and O–H groups in total. The Kier molecular flexibility index (Phi) is 47.2. The standard InChI is InChI=1S/C66H119NO13/c1-3-5-7-9-11-12-13-14-15-16-17-18-19-20-21-22-23-24-25-26-27-28-29-30-31-32-33-34-35-36-37-38-39-40-41-42-44-46-48-50-58(71)67-54(55(70)49-47-45-43-10-8-6-4-2)53-77-65-63(76)61(74)64(57(52-69)79-65)80-66-62(75)60(73)59(72)56(51-68)78-66/h5,7,11-12,14-15,17-18,20-21,54-57,59-66,68-70,72-76H,3-4,6,8-10,13,16,19,22-53H2,1-2H3,(H,67,71)/b7-5-,12-11-,15-14-,18-17-,21-20-. The molecule has 12 unspecified atom stereocenters. The molecule has 2 rings (SSSR count). The summed E-state index contributed by atoms with van der Waals surface area (Å²) in [4.78, 5) is 13.2. The van der Waals surface area contributed by atoms with Crippen molar-refractivity contribution in [3.8, 4) is 0 Å². The molecular formula is C66H119NO13. The molecule has 2 aliphatic heterocycles. The summed E-state index contributed by atoms with van der Waals surface area (Å²) in [7, 11) is 0. The highest BCUT2D eigenvalue weighted by Gasteiger charge is 2.51. The lowest BCUT2D eigenvalue weighted by molar-refractivity contribution is -0.359. The predicted octanol–water partition coefficient (Wildman–Crippen LogP) is 12.1. The van der Waals surface area contributed by atoms with Crippen LogP contribution in [0, 0.1) is 0 Å². The molecule has 2 fully saturated rings. The maximum Gasteiger partial charge on any atom is 0.220 e. The maximum atomic E-state index is 13.2. The summed E-state index contributed by atoms with van der Waals surface area (Å²) in [6, 6.07) is -0.825. The second-order valence-electron chi connectivity index (χ2n) is 22.9. The number of aliphatic hydroxyl groups excluding tert-OH is 8. The van der Waals surface area contributed by atoms with E-state index in [1.54, 1.807) is 0 Å². The summed E-state index contributed by atoms with van der Waals surface area (Å²) >= 11 is 0. The highest BCUT2D eigenvalue weighted by atomic mass is 16.7. The molecule has 0 bridgehead atoms. The average Bonchev–Trinajstić information content (AvgIpc) is 3.48. The van der Waals surface area contributed by atoms with Gasteiger partial charge in [0, 0.05) is 6.42 Å². The number of rotatable bonds is 52. The summed E-state index contributed by atoms with van der Waals surface area (Å²) in [5.41, 5.74) is 0. The van der Waals surface area contributed by atoms with Crippen LogP contribution >= 0.6 is 0 Å². The first-order chi connectivity index (χ1) is 39.1. The number of nitrogens with one attached hydrogen (secondary N) is 1. The molecule has 12 atom stereocenters. The van der Waals surface area contributed by atoms with Gasteiger partial charge in [0.05, 0.1) is 32.0 Å². The average molecular weight is 1130 g/mol. The lowest BCUT2D eigenvalue weighted by Gasteiger charge is -2.46. The zero-order chi connectivity index (χ0) is 58.1. The van der Waals surface area contributed by atoms with Gasteiger partial charge in [0.2, 0.25) is 5.91 Å². The van der Waals surface area contributed by atoms with E-state index < -0.39 is 86.8 Å². The molecule has 0 aromatic carbocycles. The van der Waals surface area contributed by atoms with Crippen molar-refractivity contribution in [2.75, 3.05) is 19.8 Å². The van der Waals surface area contributed by atoms with Crippen molar-refractivity contribution in [3.63, 3.8) is 0 Å². The smallest absolute Gasteiger partial charge is 0.220 e. The number of unbranched alkanes of at least 4 members (excludes halogenated alkanes) is 29. The van der Waals surface area contributed by atoms with Gasteiger partial charge in [-0.25, -0.2) is 0 Å². The minimum Gasteiger partial charge on any atom is -0.394 e. The van der Waals surface area contributed by atoms with Gasteiger partial charge in [-0.3, -0.25) is 4.79 Å². The Morgan fingerprint density at radius 2 is 0.863 bits per heavy atom. The van der Waals surface area contributed by atoms with Crippen molar-refractivity contribution in [1.82, 2.24) is 5.32 Å². The third kappa shape index (κ3) is 35.7. The Hall–Kier alpha value is -2.31. The molecule has 2 saturated heterocycles. The molecule has 1 amide bonds. The van der Waals surface area contributed by atoms with E-state index in [0.717, 1.165) is 83.5 Å². The number of hydrogen-bond acceptors (Lipinski definition) is 13. The highest BCUT2D eigenvalue weighted by molar-refractivity contribution is 5.76. The second-order valence-corrected chi connectivity index (χ2v) is 22.9. The first kappa shape index (κ1) is 73.8. The predicted molar refractivity (Wildman–Crippen MR) is 323 cm³/mol. The van der Waals surface area contributed by atoms with Gasteiger partial charge in [0.25, 0.3) is 0 Å². The van der Waals surface area contributed by atoms with Crippen molar-refractivity contribution in [3.05, 3.63) is 60.8 Å². The number of aliphatic hydroxyl groups is 8. The fourth-order valence-electron chi connectivity index (χ4n) is 10.6. The third-order valence-corrected chi connectivity index (χ3v) is 15.7. The quantitative estimate of drug-likeness (QED) is 0.0204. The third-order valence-electron chi connectivity index (χ3n) is 15.7. The van der Waals surface area contributed by atoms with Gasteiger partial charge in [-0.05, 0) is 57.8 Å². The molecule has 14 nitrogen and oxygen atoms in total. The van der Waals surface area contributed by atoms with Crippen molar-refractivity contribution < 1.29 is 64.6 Å². The van der Waals surface area contributed by atoms with E-state index in [1.807, 2.05) is 0 Å². The fourth-order valence-corrected chi connectivity index (χ4v) is 10.6. The Labute approximate surface area is 486 Å². The summed E-state index contributed by atoms with van der Waals surface area (Å²) in [6.07, 6.45) is 50.2. The molecule has 80 heavy (non-hydrogen) atoms. The summed E-state index contributed by atoms with van der Waals surface area (Å²) in [5.74, 6) is -0.208. The molecule has 0 aliphatic carbocycles. The molecule has 2 aliphatic rings. The fraction of sp³-hybridized carbons (Fsp3) is 0.833. The van der Waals surface area contributed by atoms with Crippen LogP contribution in [0.25, 0.3) is 0 Å². The van der Waals surface area contributed by atoms with Crippen LogP contribution in [-0.2, 0) is 23.7 Å². The Morgan fingerprint density at radius 1 is 0.463 bits per heavy atom. The number of allylic oxidation sites excluding steroid dienone is 10. The largest absolute Gasteiger partial charge is 0.394 e. The SMILES string of the molecule is CC/C=C\C/C=C\C/C=C\C/C=C\C/C=C\CCCCCCCCCCCCCCCCCCCCCCCCCC(=O)NC(COC1OC(CO)C(OC2OC(CO)C(O)C(O)C2O)C(O)C1O)C(O)CCCCCCCCC. The van der Waals surface area contributed by atoms with Gasteiger partial charge in [-0.2, -0.15) is 0 Å². The lowest BCUT2D eigenvalue weighted by Crippen LogP contribution is -2.65. The van der Waals surface area contributed by atoms with Crippen LogP contribution < -0.4 is 5.32 Å². The van der Waals surface area contributed by atoms with Gasteiger partial charge >= 0.3 is 0 Å². The lowest BCUT2D eigenvalue weighted by atomic mass is 9.97. The molecular weight excluding hydrogens is 1010 g/mol. The van der Waals surface area contributed by atoms with Gasteiger partial charge in [0.1, 0.15) is 48.8 Å². The minimum absolute atomic E-state index is 0.208. The number of carbonyl (C=O) groups excluding carboxylic acids is 1. The Morgan fingerprint density at radius 3 is 1.32 bits per heavy atom. The molecule has 0 aromatic heterocycles. The minimum atomic E-state index is -1.78. The molecule has 2 heterocycles. The first-order valence-corrected chi connectivity index (χ1v) is 32.5. The zero-order valence-corrected chi connectivity index (χ0v) is 50.3. The first-order valence-electron chi connectivity index (χ1n) is 32.5. The van der Waals surface area contributed by atoms with Crippen LogP contribution in [0.5, 0.6) is 0 Å². The Balaban J connectivity index is 1.49. The van der Waals surface area contributed by atoms with E-state index in [2.05, 4.69) is 79.9 Å². The van der Waals surface area contributed by atoms with Crippen LogP contribution in [0.3, 0.4) is 0 Å². The van der Waals surface area contributed by atoms with Crippen LogP contribution in [0.4, 0.5) is 0 Å². The summed E-state index contributed by atoms with van der Waals surface area (Å²) in [5, 5.41) is 86.9. The maximum absolute atomic E-state index is 13.2. The number of hydrogen-bond donors (Lipinski definition) is 9. The van der Waals surface area contributed by atoms with E-state index in [-0.39, 0.29) is 12.5 Å². The van der Waals surface area contributed by atoms with E-state index in [1.165, 1.54) is 148 Å². The summed E-state index contributed by atoms with van der Waals surface area (Å²) in [6.45, 7) is 2.69. The van der Waals surface area contributed by atoms with Gasteiger partial charge < -0.3 is 65.1 Å². The van der Waals surface area contributed by atoms with E-state index in [0.29, 0.717) is 12.8 Å². The van der Waals surface area contributed by atoms with Crippen molar-refractivity contribution in [2.24, 2.45) is 0 Å². The van der Waals surface area contributed by atoms with Gasteiger partial charge in [0.15, 0.2) is 12.6 Å². The van der Waals surface area contributed by atoms with E-state index in [9.17, 15) is 45.6 Å². The van der Waals surface area contributed by atoms with Crippen LogP contribution in [0.15, 0.2) is 60.8 Å². The Bertz CT molecular complexity index is 1570. The van der Waals surface area contributed by atoms with Crippen molar-refractivity contribution in [2.45, 2.75) is 331 Å². The second kappa shape index (κ2) is 51.1. The van der Waals surface area contributed by atoms with Crippen LogP contribution in [-0.4, -0.2) is 140 Å². The topological polar surface area (TPSA) is 228 Å². The van der Waals surface area contributed by atoms with Gasteiger partial charge in [-0.15, -0.1) is 0 Å². The zero-order valence-electron chi connectivity index (χ0n) is 50.3. The van der Waals surface area contributed by atoms with E-state index in [4.69, 9.17) is 18.9 Å². The molecule has 466 valence electrons. The number of carbonyl (C=O) groups is 1. The number of ether oxygens (including phenoxy) is 4. The van der Waals surface area contributed by atoms with Crippen LogP contribution in [0.2, 0.25) is 0 Å².